The van der Waals surface area contributed by atoms with E-state index < -0.39 is 0 Å². The zero-order chi connectivity index (χ0) is 12.2. The molecule has 0 aromatic rings. The summed E-state index contributed by atoms with van der Waals surface area (Å²) in [6, 6.07) is 0. The van der Waals surface area contributed by atoms with Crippen molar-refractivity contribution in [2.75, 3.05) is 26.4 Å². The van der Waals surface area contributed by atoms with Crippen LogP contribution in [0.4, 0.5) is 0 Å². The average molecular weight is 244 g/mol. The number of hydrogen-bond donors (Lipinski definition) is 2. The first-order valence-electron chi connectivity index (χ1n) is 5.57. The maximum atomic E-state index is 11.5. The molecule has 0 radical (unpaired) electrons. The van der Waals surface area contributed by atoms with Gasteiger partial charge in [0.15, 0.2) is 0 Å². The first kappa shape index (κ1) is 13.4. The molecule has 4 nitrogen and oxygen atoms in total. The summed E-state index contributed by atoms with van der Waals surface area (Å²) in [5.41, 5.74) is 0.152. The Morgan fingerprint density at radius 1 is 1.38 bits per heavy atom. The van der Waals surface area contributed by atoms with E-state index in [1.165, 1.54) is 4.90 Å². The average Bonchev–Trinajstić information content (AvgIpc) is 2.98. The molecule has 1 saturated carbocycles. The van der Waals surface area contributed by atoms with E-state index in [9.17, 15) is 9.59 Å². The third kappa shape index (κ3) is 4.04. The first-order chi connectivity index (χ1) is 7.49. The van der Waals surface area contributed by atoms with E-state index in [-0.39, 0.29) is 17.2 Å². The fraction of sp³-hybridized carbons (Fsp3) is 0.818. The van der Waals surface area contributed by atoms with Crippen molar-refractivity contribution in [1.29, 1.82) is 0 Å². The first-order valence-corrected chi connectivity index (χ1v) is 6.20. The summed E-state index contributed by atoms with van der Waals surface area (Å²) >= 11 is 4.25. The minimum absolute atomic E-state index is 0.0376. The Balaban J connectivity index is 2.14. The minimum atomic E-state index is 0.0376. The molecule has 0 bridgehead atoms. The highest BCUT2D eigenvalue weighted by atomic mass is 32.1. The zero-order valence-corrected chi connectivity index (χ0v) is 10.8. The quantitative estimate of drug-likeness (QED) is 0.675. The van der Waals surface area contributed by atoms with Crippen molar-refractivity contribution in [2.24, 2.45) is 5.41 Å². The van der Waals surface area contributed by atoms with Crippen molar-refractivity contribution < 1.29 is 9.59 Å². The Morgan fingerprint density at radius 3 is 2.44 bits per heavy atom. The van der Waals surface area contributed by atoms with Crippen LogP contribution in [-0.4, -0.2) is 43.1 Å². The number of carbonyl (C=O) groups is 2. The molecule has 0 aromatic carbocycles. The molecule has 0 saturated heterocycles. The van der Waals surface area contributed by atoms with Crippen LogP contribution in [0.15, 0.2) is 0 Å². The van der Waals surface area contributed by atoms with E-state index in [0.717, 1.165) is 18.6 Å². The number of hydrogen-bond acceptors (Lipinski definition) is 3. The number of carbonyl (C=O) groups excluding carboxylic acids is 2. The van der Waals surface area contributed by atoms with Gasteiger partial charge in [0.25, 0.3) is 0 Å². The zero-order valence-electron chi connectivity index (χ0n) is 9.95. The van der Waals surface area contributed by atoms with Crippen LogP contribution >= 0.6 is 12.6 Å². The van der Waals surface area contributed by atoms with Crippen molar-refractivity contribution in [3.63, 3.8) is 0 Å². The fourth-order valence-electron chi connectivity index (χ4n) is 1.50. The molecule has 0 spiro atoms. The number of thiol groups is 1. The van der Waals surface area contributed by atoms with Gasteiger partial charge in [-0.1, -0.05) is 0 Å². The van der Waals surface area contributed by atoms with Crippen molar-refractivity contribution in [2.45, 2.75) is 25.7 Å². The second-order valence-corrected chi connectivity index (χ2v) is 5.04. The summed E-state index contributed by atoms with van der Waals surface area (Å²) in [5, 5.41) is 2.78. The minimum Gasteiger partial charge on any atom is -0.356 e. The Labute approximate surface area is 102 Å². The van der Waals surface area contributed by atoms with Crippen molar-refractivity contribution in [1.82, 2.24) is 10.2 Å². The normalized spacial score (nSPS) is 16.7. The molecule has 2 amide bonds. The standard InChI is InChI=1S/C11H20N2O2S/c1-13(2)10(15)3-6-12-9(14)7-11(8-16)4-5-11/h16H,3-8H2,1-2H3,(H,12,14). The molecule has 1 rings (SSSR count). The van der Waals surface area contributed by atoms with E-state index in [0.29, 0.717) is 19.4 Å². The van der Waals surface area contributed by atoms with Gasteiger partial charge >= 0.3 is 0 Å². The van der Waals surface area contributed by atoms with Crippen LogP contribution in [0.25, 0.3) is 0 Å². The van der Waals surface area contributed by atoms with E-state index in [1.807, 2.05) is 0 Å². The van der Waals surface area contributed by atoms with Gasteiger partial charge in [-0.15, -0.1) is 0 Å². The van der Waals surface area contributed by atoms with Crippen molar-refractivity contribution in [3.8, 4) is 0 Å². The molecule has 1 aliphatic carbocycles. The van der Waals surface area contributed by atoms with Crippen molar-refractivity contribution >= 4 is 24.4 Å². The van der Waals surface area contributed by atoms with Crippen LogP contribution in [0.1, 0.15) is 25.7 Å². The third-order valence-electron chi connectivity index (χ3n) is 2.99. The van der Waals surface area contributed by atoms with E-state index >= 15 is 0 Å². The maximum absolute atomic E-state index is 11.5. The van der Waals surface area contributed by atoms with Crippen molar-refractivity contribution in [3.05, 3.63) is 0 Å². The molecule has 16 heavy (non-hydrogen) atoms. The molecule has 0 heterocycles. The second kappa shape index (κ2) is 5.57. The molecule has 0 atom stereocenters. The van der Waals surface area contributed by atoms with Gasteiger partial charge in [-0.25, -0.2) is 0 Å². The molecule has 0 unspecified atom stereocenters. The number of amides is 2. The van der Waals surface area contributed by atoms with E-state index in [4.69, 9.17) is 0 Å². The Bertz CT molecular complexity index is 275. The number of nitrogens with zero attached hydrogens (tertiary/aromatic N) is 1. The number of nitrogens with one attached hydrogen (secondary N) is 1. The second-order valence-electron chi connectivity index (χ2n) is 4.72. The monoisotopic (exact) mass is 244 g/mol. The Morgan fingerprint density at radius 2 is 2.00 bits per heavy atom. The van der Waals surface area contributed by atoms with Gasteiger partial charge in [-0.2, -0.15) is 12.6 Å². The van der Waals surface area contributed by atoms with Crippen LogP contribution in [0, 0.1) is 5.41 Å². The molecule has 92 valence electrons. The van der Waals surface area contributed by atoms with Gasteiger partial charge in [-0.3, -0.25) is 9.59 Å². The molecule has 1 fully saturated rings. The van der Waals surface area contributed by atoms with Crippen LogP contribution in [0.2, 0.25) is 0 Å². The van der Waals surface area contributed by atoms with Gasteiger partial charge in [-0.05, 0) is 24.0 Å². The molecular formula is C11H20N2O2S. The highest BCUT2D eigenvalue weighted by Gasteiger charge is 2.42. The number of rotatable bonds is 6. The predicted octanol–water partition coefficient (Wildman–Crippen LogP) is 0.681. The summed E-state index contributed by atoms with van der Waals surface area (Å²) in [6.45, 7) is 0.429. The lowest BCUT2D eigenvalue weighted by Crippen LogP contribution is -2.31. The summed E-state index contributed by atoms with van der Waals surface area (Å²) < 4.78 is 0. The van der Waals surface area contributed by atoms with Gasteiger partial charge in [0.2, 0.25) is 11.8 Å². The molecule has 1 N–H and O–H groups in total. The maximum Gasteiger partial charge on any atom is 0.223 e. The van der Waals surface area contributed by atoms with Gasteiger partial charge in [0.05, 0.1) is 0 Å². The highest BCUT2D eigenvalue weighted by molar-refractivity contribution is 7.80. The lowest BCUT2D eigenvalue weighted by Gasteiger charge is -2.13. The molecular weight excluding hydrogens is 224 g/mol. The van der Waals surface area contributed by atoms with Gasteiger partial charge < -0.3 is 10.2 Å². The van der Waals surface area contributed by atoms with E-state index in [2.05, 4.69) is 17.9 Å². The molecule has 0 aromatic heterocycles. The van der Waals surface area contributed by atoms with Crippen LogP contribution < -0.4 is 5.32 Å². The Kier molecular flexibility index (Phi) is 4.65. The van der Waals surface area contributed by atoms with Crippen LogP contribution in [0.3, 0.4) is 0 Å². The molecule has 5 heteroatoms. The van der Waals surface area contributed by atoms with Gasteiger partial charge in [0.1, 0.15) is 0 Å². The predicted molar refractivity (Wildman–Crippen MR) is 66.5 cm³/mol. The van der Waals surface area contributed by atoms with Crippen LogP contribution in [0.5, 0.6) is 0 Å². The SMILES string of the molecule is CN(C)C(=O)CCNC(=O)CC1(CS)CC1. The summed E-state index contributed by atoms with van der Waals surface area (Å²) in [7, 11) is 3.43. The summed E-state index contributed by atoms with van der Waals surface area (Å²) in [6.07, 6.45) is 3.11. The van der Waals surface area contributed by atoms with Crippen LogP contribution in [-0.2, 0) is 9.59 Å². The largest absolute Gasteiger partial charge is 0.356 e. The van der Waals surface area contributed by atoms with Gasteiger partial charge in [0, 0.05) is 33.5 Å². The lowest BCUT2D eigenvalue weighted by molar-refractivity contribution is -0.128. The molecule has 0 aliphatic heterocycles. The highest BCUT2D eigenvalue weighted by Crippen LogP contribution is 2.49. The summed E-state index contributed by atoms with van der Waals surface area (Å²) in [5.74, 6) is 0.852. The Hall–Kier alpha value is -0.710. The van der Waals surface area contributed by atoms with E-state index in [1.54, 1.807) is 14.1 Å². The lowest BCUT2D eigenvalue weighted by atomic mass is 10.1. The topological polar surface area (TPSA) is 49.4 Å². The third-order valence-corrected chi connectivity index (χ3v) is 3.66. The molecule has 1 aliphatic rings. The summed E-state index contributed by atoms with van der Waals surface area (Å²) in [4.78, 5) is 24.3. The fourth-order valence-corrected chi connectivity index (χ4v) is 1.93. The smallest absolute Gasteiger partial charge is 0.223 e.